The van der Waals surface area contributed by atoms with Crippen molar-refractivity contribution in [3.63, 3.8) is 0 Å². The first kappa shape index (κ1) is 19.5. The summed E-state index contributed by atoms with van der Waals surface area (Å²) in [5.41, 5.74) is 1.48. The van der Waals surface area contributed by atoms with E-state index < -0.39 is 0 Å². The highest BCUT2D eigenvalue weighted by molar-refractivity contribution is 5.14. The Hall–Kier alpha value is -0.820. The Bertz CT molecular complexity index is 220. The second kappa shape index (κ2) is 16.2. The van der Waals surface area contributed by atoms with Crippen LogP contribution >= 0.6 is 0 Å². The van der Waals surface area contributed by atoms with Gasteiger partial charge in [-0.1, -0.05) is 64.2 Å². The molecule has 0 amide bonds. The van der Waals surface area contributed by atoms with Gasteiger partial charge in [0.15, 0.2) is 0 Å². The number of allylic oxidation sites excluding steroid dienone is 5. The number of rotatable bonds is 4. The monoisotopic (exact) mass is 251 g/mol. The molecule has 0 aromatic carbocycles. The molecule has 0 radical (unpaired) electrons. The fourth-order valence-corrected chi connectivity index (χ4v) is 1.91. The van der Waals surface area contributed by atoms with Gasteiger partial charge in [0.05, 0.1) is 0 Å². The maximum Gasteiger partial charge on any atom is -0.00462 e. The first-order valence-corrected chi connectivity index (χ1v) is 7.48. The standard InChI is InChI=1S/C13H21N.2C2H6/c1-3-4-5-6-12(2)11-13-7-9-14-10-8-13;2*1-2/h3-6,13-14H,1,7-11H2,2H3;2*1-2H3/b5-4-,12-6+;;. The molecule has 1 nitrogen and oxygen atoms in total. The van der Waals surface area contributed by atoms with Gasteiger partial charge in [0.25, 0.3) is 0 Å². The second-order valence-electron chi connectivity index (χ2n) is 4.03. The normalized spacial score (nSPS) is 16.4. The highest BCUT2D eigenvalue weighted by Gasteiger charge is 2.12. The summed E-state index contributed by atoms with van der Waals surface area (Å²) in [6.07, 6.45) is 12.0. The van der Waals surface area contributed by atoms with Crippen LogP contribution in [0.25, 0.3) is 0 Å². The Kier molecular flexibility index (Phi) is 17.5. The van der Waals surface area contributed by atoms with Crippen LogP contribution in [0.4, 0.5) is 0 Å². The van der Waals surface area contributed by atoms with Gasteiger partial charge in [-0.3, -0.25) is 0 Å². The van der Waals surface area contributed by atoms with E-state index in [0.29, 0.717) is 0 Å². The first-order chi connectivity index (χ1) is 8.83. The van der Waals surface area contributed by atoms with Gasteiger partial charge in [-0.2, -0.15) is 0 Å². The molecule has 1 heteroatoms. The highest BCUT2D eigenvalue weighted by atomic mass is 14.9. The van der Waals surface area contributed by atoms with E-state index in [-0.39, 0.29) is 0 Å². The van der Waals surface area contributed by atoms with Gasteiger partial charge in [0.2, 0.25) is 0 Å². The lowest BCUT2D eigenvalue weighted by molar-refractivity contribution is 0.372. The van der Waals surface area contributed by atoms with Crippen LogP contribution in [0.3, 0.4) is 0 Å². The van der Waals surface area contributed by atoms with Crippen molar-refractivity contribution in [3.8, 4) is 0 Å². The van der Waals surface area contributed by atoms with E-state index in [2.05, 4.69) is 31.0 Å². The Morgan fingerprint density at radius 1 is 1.11 bits per heavy atom. The molecule has 1 heterocycles. The van der Waals surface area contributed by atoms with Crippen LogP contribution in [-0.4, -0.2) is 13.1 Å². The van der Waals surface area contributed by atoms with E-state index in [1.54, 1.807) is 0 Å². The molecule has 1 rings (SSSR count). The predicted molar refractivity (Wildman–Crippen MR) is 86.0 cm³/mol. The quantitative estimate of drug-likeness (QED) is 0.684. The Balaban J connectivity index is 0. The smallest absolute Gasteiger partial charge is 0.00462 e. The van der Waals surface area contributed by atoms with E-state index in [0.717, 1.165) is 5.92 Å². The van der Waals surface area contributed by atoms with Crippen LogP contribution in [0.5, 0.6) is 0 Å². The minimum atomic E-state index is 0.893. The van der Waals surface area contributed by atoms with Crippen molar-refractivity contribution in [2.45, 2.75) is 53.9 Å². The summed E-state index contributed by atoms with van der Waals surface area (Å²) < 4.78 is 0. The van der Waals surface area contributed by atoms with E-state index in [4.69, 9.17) is 0 Å². The first-order valence-electron chi connectivity index (χ1n) is 7.48. The van der Waals surface area contributed by atoms with Crippen molar-refractivity contribution < 1.29 is 0 Å². The van der Waals surface area contributed by atoms with E-state index in [9.17, 15) is 0 Å². The van der Waals surface area contributed by atoms with Gasteiger partial charge in [-0.05, 0) is 45.2 Å². The van der Waals surface area contributed by atoms with Crippen LogP contribution < -0.4 is 5.32 Å². The van der Waals surface area contributed by atoms with Crippen molar-refractivity contribution >= 4 is 0 Å². The molecule has 0 atom stereocenters. The van der Waals surface area contributed by atoms with Gasteiger partial charge in [-0.25, -0.2) is 0 Å². The topological polar surface area (TPSA) is 12.0 Å². The van der Waals surface area contributed by atoms with Gasteiger partial charge >= 0.3 is 0 Å². The van der Waals surface area contributed by atoms with Crippen molar-refractivity contribution in [1.29, 1.82) is 0 Å². The molecule has 1 aliphatic rings. The molecule has 0 unspecified atom stereocenters. The zero-order valence-corrected chi connectivity index (χ0v) is 13.1. The maximum atomic E-state index is 3.65. The molecule has 0 bridgehead atoms. The number of piperidine rings is 1. The Morgan fingerprint density at radius 2 is 1.67 bits per heavy atom. The SMILES string of the molecule is C=C/C=C\C=C(/C)CC1CCNCC1.CC.CC. The number of hydrogen-bond acceptors (Lipinski definition) is 1. The van der Waals surface area contributed by atoms with E-state index in [1.807, 2.05) is 39.8 Å². The average Bonchev–Trinajstić information content (AvgIpc) is 2.45. The minimum Gasteiger partial charge on any atom is -0.317 e. The fraction of sp³-hybridized carbons (Fsp3) is 0.647. The Morgan fingerprint density at radius 3 is 2.17 bits per heavy atom. The third-order valence-corrected chi connectivity index (χ3v) is 2.70. The zero-order valence-electron chi connectivity index (χ0n) is 13.1. The second-order valence-corrected chi connectivity index (χ2v) is 4.03. The summed E-state index contributed by atoms with van der Waals surface area (Å²) in [7, 11) is 0. The summed E-state index contributed by atoms with van der Waals surface area (Å²) in [6.45, 7) is 16.3. The zero-order chi connectivity index (χ0) is 14.2. The van der Waals surface area contributed by atoms with Crippen LogP contribution in [0.15, 0.2) is 36.5 Å². The fourth-order valence-electron chi connectivity index (χ4n) is 1.91. The summed E-state index contributed by atoms with van der Waals surface area (Å²) in [6, 6.07) is 0. The molecule has 0 aromatic heterocycles. The van der Waals surface area contributed by atoms with Crippen LogP contribution in [0.1, 0.15) is 53.9 Å². The lowest BCUT2D eigenvalue weighted by atomic mass is 9.91. The van der Waals surface area contributed by atoms with Crippen molar-refractivity contribution in [2.24, 2.45) is 5.92 Å². The molecule has 0 aliphatic carbocycles. The molecule has 0 saturated carbocycles. The minimum absolute atomic E-state index is 0.893. The van der Waals surface area contributed by atoms with Gasteiger partial charge in [0, 0.05) is 0 Å². The molecule has 18 heavy (non-hydrogen) atoms. The lowest BCUT2D eigenvalue weighted by Crippen LogP contribution is -2.27. The highest BCUT2D eigenvalue weighted by Crippen LogP contribution is 2.20. The van der Waals surface area contributed by atoms with E-state index >= 15 is 0 Å². The average molecular weight is 251 g/mol. The van der Waals surface area contributed by atoms with Gasteiger partial charge < -0.3 is 5.32 Å². The third-order valence-electron chi connectivity index (χ3n) is 2.70. The van der Waals surface area contributed by atoms with Crippen LogP contribution in [0, 0.1) is 5.92 Å². The molecule has 0 spiro atoms. The van der Waals surface area contributed by atoms with Crippen molar-refractivity contribution in [1.82, 2.24) is 5.32 Å². The summed E-state index contributed by atoms with van der Waals surface area (Å²) in [5.74, 6) is 0.893. The molecule has 1 fully saturated rings. The largest absolute Gasteiger partial charge is 0.317 e. The van der Waals surface area contributed by atoms with Crippen molar-refractivity contribution in [2.75, 3.05) is 13.1 Å². The molecule has 1 N–H and O–H groups in total. The molecular formula is C17H33N. The van der Waals surface area contributed by atoms with E-state index in [1.165, 1.54) is 37.9 Å². The van der Waals surface area contributed by atoms with Crippen LogP contribution in [0.2, 0.25) is 0 Å². The van der Waals surface area contributed by atoms with Crippen LogP contribution in [-0.2, 0) is 0 Å². The van der Waals surface area contributed by atoms with Crippen molar-refractivity contribution in [3.05, 3.63) is 36.5 Å². The molecular weight excluding hydrogens is 218 g/mol. The number of hydrogen-bond donors (Lipinski definition) is 1. The Labute approximate surface area is 115 Å². The van der Waals surface area contributed by atoms with Gasteiger partial charge in [-0.15, -0.1) is 0 Å². The summed E-state index contributed by atoms with van der Waals surface area (Å²) in [4.78, 5) is 0. The number of nitrogens with one attached hydrogen (secondary N) is 1. The summed E-state index contributed by atoms with van der Waals surface area (Å²) in [5, 5.41) is 3.39. The predicted octanol–water partition coefficient (Wildman–Crippen LogP) is 5.12. The lowest BCUT2D eigenvalue weighted by Gasteiger charge is -2.22. The molecule has 0 aromatic rings. The molecule has 106 valence electrons. The molecule has 1 aliphatic heterocycles. The van der Waals surface area contributed by atoms with Gasteiger partial charge in [0.1, 0.15) is 0 Å². The summed E-state index contributed by atoms with van der Waals surface area (Å²) >= 11 is 0. The molecule has 1 saturated heterocycles. The third kappa shape index (κ3) is 11.7. The maximum absolute atomic E-state index is 3.65.